The van der Waals surface area contributed by atoms with Crippen molar-refractivity contribution in [1.82, 2.24) is 5.32 Å². The largest absolute Gasteiger partial charge is 0.409 e. The fourth-order valence-corrected chi connectivity index (χ4v) is 1.91. The molecule has 0 aromatic heterocycles. The zero-order chi connectivity index (χ0) is 13.7. The lowest BCUT2D eigenvalue weighted by molar-refractivity contribution is -0.120. The number of oxime groups is 1. The quantitative estimate of drug-likeness (QED) is 0.333. The van der Waals surface area contributed by atoms with Crippen molar-refractivity contribution >= 4 is 22.5 Å². The maximum atomic E-state index is 11.8. The molecule has 0 atom stereocenters. The minimum Gasteiger partial charge on any atom is -0.409 e. The van der Waals surface area contributed by atoms with E-state index >= 15 is 0 Å². The molecular weight excluding hydrogens is 242 g/mol. The first-order chi connectivity index (χ1) is 9.20. The van der Waals surface area contributed by atoms with Gasteiger partial charge in [0.05, 0.1) is 13.0 Å². The first-order valence-electron chi connectivity index (χ1n) is 5.90. The second-order valence-electron chi connectivity index (χ2n) is 4.18. The van der Waals surface area contributed by atoms with E-state index in [1.807, 2.05) is 42.5 Å². The fraction of sp³-hybridized carbons (Fsp3) is 0.143. The normalized spacial score (nSPS) is 11.5. The number of benzene rings is 2. The number of carbonyl (C=O) groups is 1. The Labute approximate surface area is 110 Å². The molecule has 0 fully saturated rings. The third-order valence-electron chi connectivity index (χ3n) is 2.83. The number of nitrogens with zero attached hydrogens (tertiary/aromatic N) is 1. The molecule has 0 saturated heterocycles. The van der Waals surface area contributed by atoms with Gasteiger partial charge in [-0.3, -0.25) is 4.79 Å². The number of fused-ring (bicyclic) bond motifs is 1. The van der Waals surface area contributed by atoms with Gasteiger partial charge in [0, 0.05) is 0 Å². The Balaban J connectivity index is 2.11. The summed E-state index contributed by atoms with van der Waals surface area (Å²) < 4.78 is 0. The molecule has 0 spiro atoms. The van der Waals surface area contributed by atoms with Crippen LogP contribution >= 0.6 is 0 Å². The number of amides is 1. The van der Waals surface area contributed by atoms with Crippen LogP contribution in [0.25, 0.3) is 10.8 Å². The summed E-state index contributed by atoms with van der Waals surface area (Å²) in [7, 11) is 0. The predicted molar refractivity (Wildman–Crippen MR) is 74.1 cm³/mol. The standard InChI is InChI=1S/C14H15N3O2/c15-13(17-19)9-16-14(18)8-11-6-3-5-10-4-1-2-7-12(10)11/h1-7,19H,8-9H2,(H2,15,17)(H,16,18). The number of hydrogen-bond donors (Lipinski definition) is 3. The van der Waals surface area contributed by atoms with Crippen molar-refractivity contribution in [3.63, 3.8) is 0 Å². The van der Waals surface area contributed by atoms with Gasteiger partial charge in [0.2, 0.25) is 5.91 Å². The SMILES string of the molecule is N/C(CNC(=O)Cc1cccc2ccccc12)=N/O. The van der Waals surface area contributed by atoms with Gasteiger partial charge in [0.25, 0.3) is 0 Å². The van der Waals surface area contributed by atoms with Gasteiger partial charge in [-0.05, 0) is 16.3 Å². The molecule has 5 heteroatoms. The highest BCUT2D eigenvalue weighted by molar-refractivity contribution is 5.92. The number of amidine groups is 1. The first-order valence-corrected chi connectivity index (χ1v) is 5.90. The summed E-state index contributed by atoms with van der Waals surface area (Å²) in [5.74, 6) is -0.186. The summed E-state index contributed by atoms with van der Waals surface area (Å²) in [5, 5.41) is 15.9. The molecule has 0 aliphatic heterocycles. The fourth-order valence-electron chi connectivity index (χ4n) is 1.91. The average molecular weight is 257 g/mol. The molecule has 5 nitrogen and oxygen atoms in total. The Morgan fingerprint density at radius 1 is 1.21 bits per heavy atom. The molecular formula is C14H15N3O2. The molecule has 2 aromatic rings. The Bertz CT molecular complexity index is 618. The van der Waals surface area contributed by atoms with Gasteiger partial charge >= 0.3 is 0 Å². The van der Waals surface area contributed by atoms with Crippen molar-refractivity contribution in [2.45, 2.75) is 6.42 Å². The van der Waals surface area contributed by atoms with Crippen LogP contribution < -0.4 is 11.1 Å². The molecule has 2 rings (SSSR count). The predicted octanol–water partition coefficient (Wildman–Crippen LogP) is 1.24. The molecule has 0 heterocycles. The van der Waals surface area contributed by atoms with Crippen LogP contribution in [0.15, 0.2) is 47.6 Å². The van der Waals surface area contributed by atoms with Gasteiger partial charge in [-0.1, -0.05) is 47.6 Å². The Morgan fingerprint density at radius 2 is 1.95 bits per heavy atom. The number of nitrogens with one attached hydrogen (secondary N) is 1. The topological polar surface area (TPSA) is 87.7 Å². The number of nitrogens with two attached hydrogens (primary N) is 1. The summed E-state index contributed by atoms with van der Waals surface area (Å²) >= 11 is 0. The van der Waals surface area contributed by atoms with E-state index in [0.717, 1.165) is 16.3 Å². The molecule has 0 aliphatic rings. The first kappa shape index (κ1) is 12.9. The van der Waals surface area contributed by atoms with Crippen molar-refractivity contribution in [1.29, 1.82) is 0 Å². The van der Waals surface area contributed by atoms with Gasteiger partial charge in [0.1, 0.15) is 0 Å². The van der Waals surface area contributed by atoms with Crippen LogP contribution in [0.4, 0.5) is 0 Å². The highest BCUT2D eigenvalue weighted by Crippen LogP contribution is 2.18. The zero-order valence-corrected chi connectivity index (χ0v) is 10.3. The van der Waals surface area contributed by atoms with E-state index in [2.05, 4.69) is 10.5 Å². The van der Waals surface area contributed by atoms with Crippen molar-refractivity contribution in [3.8, 4) is 0 Å². The lowest BCUT2D eigenvalue weighted by Gasteiger charge is -2.07. The molecule has 0 aliphatic carbocycles. The molecule has 98 valence electrons. The van der Waals surface area contributed by atoms with Crippen molar-refractivity contribution in [2.24, 2.45) is 10.9 Å². The lowest BCUT2D eigenvalue weighted by atomic mass is 10.0. The molecule has 19 heavy (non-hydrogen) atoms. The Morgan fingerprint density at radius 3 is 2.74 bits per heavy atom. The monoisotopic (exact) mass is 257 g/mol. The van der Waals surface area contributed by atoms with E-state index in [0.29, 0.717) is 0 Å². The molecule has 0 radical (unpaired) electrons. The van der Waals surface area contributed by atoms with Gasteiger partial charge in [-0.2, -0.15) is 0 Å². The number of carbonyl (C=O) groups excluding carboxylic acids is 1. The lowest BCUT2D eigenvalue weighted by Crippen LogP contribution is -2.34. The van der Waals surface area contributed by atoms with Crippen molar-refractivity contribution < 1.29 is 10.0 Å². The highest BCUT2D eigenvalue weighted by atomic mass is 16.4. The van der Waals surface area contributed by atoms with E-state index in [1.54, 1.807) is 0 Å². The minimum absolute atomic E-state index is 0.0220. The molecule has 0 bridgehead atoms. The summed E-state index contributed by atoms with van der Waals surface area (Å²) in [6.07, 6.45) is 0.264. The van der Waals surface area contributed by atoms with Crippen LogP contribution in [-0.2, 0) is 11.2 Å². The molecule has 4 N–H and O–H groups in total. The second-order valence-corrected chi connectivity index (χ2v) is 4.18. The average Bonchev–Trinajstić information content (AvgIpc) is 2.45. The van der Waals surface area contributed by atoms with E-state index in [9.17, 15) is 4.79 Å². The Kier molecular flexibility index (Phi) is 3.97. The highest BCUT2D eigenvalue weighted by Gasteiger charge is 2.06. The van der Waals surface area contributed by atoms with Crippen LogP contribution in [-0.4, -0.2) is 23.5 Å². The third kappa shape index (κ3) is 3.22. The van der Waals surface area contributed by atoms with Gasteiger partial charge < -0.3 is 16.3 Å². The molecule has 2 aromatic carbocycles. The van der Waals surface area contributed by atoms with E-state index < -0.39 is 0 Å². The number of hydrogen-bond acceptors (Lipinski definition) is 3. The molecule has 0 unspecified atom stereocenters. The van der Waals surface area contributed by atoms with Crippen LogP contribution in [0.1, 0.15) is 5.56 Å². The summed E-state index contributed by atoms with van der Waals surface area (Å²) in [6, 6.07) is 13.8. The summed E-state index contributed by atoms with van der Waals surface area (Å²) in [5.41, 5.74) is 6.24. The van der Waals surface area contributed by atoms with Gasteiger partial charge in [0.15, 0.2) is 5.84 Å². The van der Waals surface area contributed by atoms with Crippen LogP contribution in [0.5, 0.6) is 0 Å². The summed E-state index contributed by atoms with van der Waals surface area (Å²) in [6.45, 7) is 0.0418. The third-order valence-corrected chi connectivity index (χ3v) is 2.83. The van der Waals surface area contributed by atoms with E-state index in [-0.39, 0.29) is 24.7 Å². The maximum Gasteiger partial charge on any atom is 0.224 e. The van der Waals surface area contributed by atoms with Crippen LogP contribution in [0.2, 0.25) is 0 Å². The van der Waals surface area contributed by atoms with Crippen LogP contribution in [0.3, 0.4) is 0 Å². The Hall–Kier alpha value is -2.56. The maximum absolute atomic E-state index is 11.8. The zero-order valence-electron chi connectivity index (χ0n) is 10.3. The van der Waals surface area contributed by atoms with Crippen molar-refractivity contribution in [2.75, 3.05) is 6.54 Å². The smallest absolute Gasteiger partial charge is 0.224 e. The van der Waals surface area contributed by atoms with Crippen molar-refractivity contribution in [3.05, 3.63) is 48.0 Å². The van der Waals surface area contributed by atoms with Gasteiger partial charge in [-0.15, -0.1) is 0 Å². The number of rotatable bonds is 4. The second kappa shape index (κ2) is 5.86. The molecule has 0 saturated carbocycles. The van der Waals surface area contributed by atoms with Crippen LogP contribution in [0, 0.1) is 0 Å². The van der Waals surface area contributed by atoms with E-state index in [4.69, 9.17) is 10.9 Å². The summed E-state index contributed by atoms with van der Waals surface area (Å²) in [4.78, 5) is 11.8. The minimum atomic E-state index is -0.164. The molecule has 1 amide bonds. The van der Waals surface area contributed by atoms with E-state index in [1.165, 1.54) is 0 Å². The van der Waals surface area contributed by atoms with Gasteiger partial charge in [-0.25, -0.2) is 0 Å².